The fourth-order valence-electron chi connectivity index (χ4n) is 12.3. The second-order valence-corrected chi connectivity index (χ2v) is 25.2. The van der Waals surface area contributed by atoms with Gasteiger partial charge in [0.25, 0.3) is 11.8 Å². The zero-order valence-corrected chi connectivity index (χ0v) is 53.3. The van der Waals surface area contributed by atoms with Gasteiger partial charge in [0.1, 0.15) is 77.8 Å². The zero-order valence-electron chi connectivity index (χ0n) is 53.3. The number of carbonyl (C=O) groups excluding carboxylic acids is 12. The van der Waals surface area contributed by atoms with Crippen LogP contribution in [0.25, 0.3) is 22.6 Å². The van der Waals surface area contributed by atoms with E-state index in [1.54, 1.807) is 55.4 Å². The van der Waals surface area contributed by atoms with Crippen molar-refractivity contribution in [3.05, 3.63) is 44.6 Å². The summed E-state index contributed by atoms with van der Waals surface area (Å²) < 4.78 is 24.4. The van der Waals surface area contributed by atoms with Crippen LogP contribution in [-0.2, 0) is 57.4 Å². The molecule has 8 rings (SSSR count). The van der Waals surface area contributed by atoms with Crippen LogP contribution in [0.2, 0.25) is 0 Å². The lowest BCUT2D eigenvalue weighted by atomic mass is 9.98. The molecule has 6 aliphatic heterocycles. The summed E-state index contributed by atoms with van der Waals surface area (Å²) in [6.45, 7) is 15.4. The molecule has 12 atom stereocenters. The number of carbonyl (C=O) groups is 12. The van der Waals surface area contributed by atoms with Gasteiger partial charge in [0.2, 0.25) is 52.7 Å². The third-order valence-electron chi connectivity index (χ3n) is 17.7. The van der Waals surface area contributed by atoms with Gasteiger partial charge in [-0.25, -0.2) is 14.6 Å². The van der Waals surface area contributed by atoms with E-state index in [1.165, 1.54) is 70.9 Å². The fraction of sp³-hybridized carbons (Fsp3) is 0.607. The number of nitrogens with one attached hydrogen (secondary N) is 4. The van der Waals surface area contributed by atoms with Gasteiger partial charge in [-0.3, -0.25) is 52.7 Å². The van der Waals surface area contributed by atoms with Crippen molar-refractivity contribution < 1.29 is 81.3 Å². The van der Waals surface area contributed by atoms with E-state index in [0.717, 1.165) is 19.6 Å². The van der Waals surface area contributed by atoms with Gasteiger partial charge in [0, 0.05) is 46.3 Å². The number of hydrogen-bond donors (Lipinski definition) is 5. The van der Waals surface area contributed by atoms with Gasteiger partial charge in [-0.05, 0) is 83.3 Å². The van der Waals surface area contributed by atoms with E-state index in [0.29, 0.717) is 12.0 Å². The van der Waals surface area contributed by atoms with Crippen LogP contribution in [0.1, 0.15) is 113 Å². The molecule has 10 amide bonds. The quantitative estimate of drug-likeness (QED) is 0.155. The second-order valence-electron chi connectivity index (χ2n) is 25.2. The summed E-state index contributed by atoms with van der Waals surface area (Å²) in [5.74, 6) is -13.3. The number of amides is 10. The summed E-state index contributed by atoms with van der Waals surface area (Å²) in [6.07, 6.45) is -3.96. The number of fused-ring (bicyclic) bond motifs is 7. The maximum absolute atomic E-state index is 15.1. The standard InChI is InChI=1S/C61H81N11O18/c1-25(2)40-57(82)71-20-16-17-34(71)56(81)67(12)22-37(74)69(14)31(10)60(85)89-36-24-87-51-39(53(78)66-44(36)55(80)63-40)45-50(30(9)48(51)76)90-49-28(7)18-19-33(43(49)62-45)52(77)65-42-32(11)88-61(86)46(27(5)6)70(15)38(75)23-68(13)59(84)47-35(73)21-29(8)72(47)58(83)41(26(3)4)64-54(42)79/h18-19,25-27,29,31-32,34-36,40-42,44,46-47,73H,16-17,20-24H2,1-15H3,(H,63,80)(H,64,79)(H,65,77)(H,66,78)/t29-,31-,32+,34-,35-,36+,40+,41+,42-,44-,46-,47-/m0/s1. The van der Waals surface area contributed by atoms with Crippen molar-refractivity contribution in [1.82, 2.24) is 55.7 Å². The van der Waals surface area contributed by atoms with Gasteiger partial charge in [-0.1, -0.05) is 47.6 Å². The summed E-state index contributed by atoms with van der Waals surface area (Å²) in [5.41, 5.74) is -2.28. The first-order chi connectivity index (χ1) is 42.2. The summed E-state index contributed by atoms with van der Waals surface area (Å²) in [4.78, 5) is 199. The first kappa shape index (κ1) is 67.2. The number of rotatable bonds is 5. The van der Waals surface area contributed by atoms with E-state index in [9.17, 15) is 57.8 Å². The van der Waals surface area contributed by atoms with Crippen LogP contribution in [0.3, 0.4) is 0 Å². The highest BCUT2D eigenvalue weighted by molar-refractivity contribution is 6.10. The number of ether oxygens (including phenoxy) is 3. The molecule has 6 heterocycles. The van der Waals surface area contributed by atoms with Crippen molar-refractivity contribution in [3.8, 4) is 17.2 Å². The number of cyclic esters (lactones) is 1. The molecular weight excluding hydrogens is 1170 g/mol. The van der Waals surface area contributed by atoms with Crippen molar-refractivity contribution in [2.75, 3.05) is 54.4 Å². The number of benzene rings is 2. The number of aliphatic hydroxyl groups excluding tert-OH is 1. The molecule has 5 N–H and O–H groups in total. The van der Waals surface area contributed by atoms with Gasteiger partial charge >= 0.3 is 11.9 Å². The molecule has 29 nitrogen and oxygen atoms in total. The number of esters is 2. The molecule has 0 bridgehead atoms. The van der Waals surface area contributed by atoms with Crippen LogP contribution in [0, 0.1) is 31.6 Å². The molecule has 488 valence electrons. The molecule has 0 aromatic heterocycles. The Morgan fingerprint density at radius 2 is 1.34 bits per heavy atom. The third kappa shape index (κ3) is 12.7. The van der Waals surface area contributed by atoms with E-state index in [2.05, 4.69) is 21.3 Å². The minimum atomic E-state index is -1.89. The van der Waals surface area contributed by atoms with Crippen molar-refractivity contribution >= 4 is 82.1 Å². The minimum Gasteiger partial charge on any atom is -0.485 e. The predicted octanol–water partition coefficient (Wildman–Crippen LogP) is -0.761. The van der Waals surface area contributed by atoms with Gasteiger partial charge in [-0.15, -0.1) is 0 Å². The lowest BCUT2D eigenvalue weighted by molar-refractivity contribution is -0.163. The van der Waals surface area contributed by atoms with Crippen LogP contribution in [0.15, 0.2) is 21.3 Å². The maximum atomic E-state index is 15.1. The Morgan fingerprint density at radius 3 is 1.98 bits per heavy atom. The molecule has 7 aliphatic rings. The minimum absolute atomic E-state index is 0.0165. The third-order valence-corrected chi connectivity index (χ3v) is 17.7. The average molecular weight is 1260 g/mol. The molecule has 0 spiro atoms. The molecule has 29 heteroatoms. The van der Waals surface area contributed by atoms with Crippen molar-refractivity contribution in [3.63, 3.8) is 0 Å². The molecular formula is C61H81N11O18. The molecule has 0 saturated carbocycles. The van der Waals surface area contributed by atoms with Gasteiger partial charge in [-0.2, -0.15) is 0 Å². The van der Waals surface area contributed by atoms with E-state index in [-0.39, 0.29) is 53.1 Å². The lowest BCUT2D eigenvalue weighted by Gasteiger charge is -2.37. The van der Waals surface area contributed by atoms with Crippen molar-refractivity contribution in [1.29, 1.82) is 0 Å². The maximum Gasteiger partial charge on any atom is 0.329 e. The Balaban J connectivity index is 1.21. The first-order valence-electron chi connectivity index (χ1n) is 30.2. The monoisotopic (exact) mass is 1260 g/mol. The number of hydrogen-bond acceptors (Lipinski definition) is 19. The highest BCUT2D eigenvalue weighted by Gasteiger charge is 2.51. The normalized spacial score (nSPS) is 28.5. The Kier molecular flexibility index (Phi) is 19.7. The average Bonchev–Trinajstić information content (AvgIpc) is 0.918. The van der Waals surface area contributed by atoms with E-state index in [1.807, 2.05) is 0 Å². The SMILES string of the molecule is Cc1c2oc3c(C)ccc(C(=O)N[C@@H]4C(=O)N[C@H](C(C)C)C(=O)N5[C@H](C(=O)N(C)CC(=O)N(C)[C@@H](C(C)C)C(=O)O[C@@H]4C)[C@@H](O)C[C@@H]5C)c3nc-2c2c(c1=O)OC[C@H]1OC(=O)[C@H](C)N(C)C(=O)CN(C)C(=O)[C@@H]3CCCN3C(=O)[C@@H](C(C)C)NC(=O)[C@H]1NC2=O. The second kappa shape index (κ2) is 26.4. The summed E-state index contributed by atoms with van der Waals surface area (Å²) in [5, 5.41) is 21.9. The van der Waals surface area contributed by atoms with Crippen LogP contribution in [0.4, 0.5) is 0 Å². The zero-order chi connectivity index (χ0) is 66.6. The Hall–Kier alpha value is -8.76. The number of aliphatic hydroxyl groups is 1. The Bertz CT molecular complexity index is 3480. The highest BCUT2D eigenvalue weighted by Crippen LogP contribution is 2.37. The Labute approximate surface area is 519 Å². The Morgan fingerprint density at radius 1 is 0.733 bits per heavy atom. The van der Waals surface area contributed by atoms with E-state index >= 15 is 9.59 Å². The largest absolute Gasteiger partial charge is 0.485 e. The number of aromatic nitrogens is 1. The molecule has 0 radical (unpaired) electrons. The fourth-order valence-corrected chi connectivity index (χ4v) is 12.3. The molecule has 1 aliphatic carbocycles. The van der Waals surface area contributed by atoms with Gasteiger partial charge in [0.15, 0.2) is 23.2 Å². The molecule has 1 aromatic carbocycles. The number of aryl methyl sites for hydroxylation is 1. The predicted molar refractivity (Wildman–Crippen MR) is 318 cm³/mol. The molecule has 0 unspecified atom stereocenters. The molecule has 90 heavy (non-hydrogen) atoms. The molecule has 4 fully saturated rings. The van der Waals surface area contributed by atoms with Crippen molar-refractivity contribution in [2.24, 2.45) is 17.8 Å². The van der Waals surface area contributed by atoms with Crippen molar-refractivity contribution in [2.45, 2.75) is 168 Å². The highest BCUT2D eigenvalue weighted by atomic mass is 16.6. The summed E-state index contributed by atoms with van der Waals surface area (Å²) in [7, 11) is 5.37. The smallest absolute Gasteiger partial charge is 0.329 e. The first-order valence-corrected chi connectivity index (χ1v) is 30.2. The van der Waals surface area contributed by atoms with Gasteiger partial charge < -0.3 is 74.4 Å². The van der Waals surface area contributed by atoms with Crippen LogP contribution in [-0.4, -0.2) is 238 Å². The molecule has 1 aromatic rings. The number of likely N-dealkylation sites (N-methyl/N-ethyl adjacent to an activating group) is 4. The summed E-state index contributed by atoms with van der Waals surface area (Å²) >= 11 is 0. The van der Waals surface area contributed by atoms with E-state index < -0.39 is 198 Å². The van der Waals surface area contributed by atoms with Crippen LogP contribution < -0.4 is 31.4 Å². The number of nitrogens with zero attached hydrogens (tertiary/aromatic N) is 7. The topological polar surface area (TPSA) is 363 Å². The van der Waals surface area contributed by atoms with Gasteiger partial charge in [0.05, 0.1) is 24.8 Å². The lowest BCUT2D eigenvalue weighted by Crippen LogP contribution is -2.62. The van der Waals surface area contributed by atoms with Crippen LogP contribution in [0.5, 0.6) is 5.75 Å². The molecule has 4 saturated heterocycles. The van der Waals surface area contributed by atoms with Crippen LogP contribution >= 0.6 is 0 Å². The van der Waals surface area contributed by atoms with E-state index in [4.69, 9.17) is 23.6 Å². The summed E-state index contributed by atoms with van der Waals surface area (Å²) in [6, 6.07) is -9.46.